The molecule has 0 saturated carbocycles. The number of halogens is 3. The van der Waals surface area contributed by atoms with Crippen LogP contribution >= 0.6 is 0 Å². The number of nitrogen functional groups attached to an aromatic ring is 1. The maximum atomic E-state index is 12.7. The molecule has 0 bridgehead atoms. The Kier molecular flexibility index (Phi) is 5.46. The van der Waals surface area contributed by atoms with Crippen molar-refractivity contribution in [1.82, 2.24) is 10.3 Å². The number of hydrogen-bond acceptors (Lipinski definition) is 6. The molecule has 22 heavy (non-hydrogen) atoms. The second kappa shape index (κ2) is 7.14. The van der Waals surface area contributed by atoms with Crippen molar-refractivity contribution in [3.05, 3.63) is 23.8 Å². The van der Waals surface area contributed by atoms with E-state index >= 15 is 0 Å². The second-order valence-corrected chi connectivity index (χ2v) is 4.98. The number of anilines is 2. The first-order chi connectivity index (χ1) is 10.4. The highest BCUT2D eigenvalue weighted by molar-refractivity contribution is 5.57. The number of hydrogen-bond donors (Lipinski definition) is 3. The standard InChI is InChI=1S/C13H19F3N4O2/c14-13(15,16)10-7-11(17)9-12(8-10)20(21)18-1-2-19-3-5-22-6-4-19/h7-9,18,21H,1-6,17H2. The van der Waals surface area contributed by atoms with Gasteiger partial charge in [-0.15, -0.1) is 0 Å². The summed E-state index contributed by atoms with van der Waals surface area (Å²) in [5.74, 6) is 0. The minimum absolute atomic E-state index is 0.0608. The zero-order chi connectivity index (χ0) is 16.2. The highest BCUT2D eigenvalue weighted by atomic mass is 19.4. The van der Waals surface area contributed by atoms with E-state index in [1.54, 1.807) is 0 Å². The topological polar surface area (TPSA) is 74.0 Å². The van der Waals surface area contributed by atoms with Crippen LogP contribution in [0.15, 0.2) is 18.2 Å². The Labute approximate surface area is 126 Å². The Morgan fingerprint density at radius 3 is 2.59 bits per heavy atom. The third kappa shape index (κ3) is 4.73. The van der Waals surface area contributed by atoms with Gasteiger partial charge in [0.15, 0.2) is 0 Å². The summed E-state index contributed by atoms with van der Waals surface area (Å²) in [6, 6.07) is 2.92. The molecule has 1 fully saturated rings. The fourth-order valence-corrected chi connectivity index (χ4v) is 2.15. The summed E-state index contributed by atoms with van der Waals surface area (Å²) >= 11 is 0. The highest BCUT2D eigenvalue weighted by Crippen LogP contribution is 2.33. The van der Waals surface area contributed by atoms with E-state index in [0.29, 0.717) is 31.5 Å². The number of rotatable bonds is 5. The number of benzene rings is 1. The average molecular weight is 320 g/mol. The van der Waals surface area contributed by atoms with E-state index in [-0.39, 0.29) is 11.4 Å². The molecule has 1 aliphatic rings. The highest BCUT2D eigenvalue weighted by Gasteiger charge is 2.31. The zero-order valence-electron chi connectivity index (χ0n) is 11.9. The SMILES string of the molecule is Nc1cc(N(O)NCCN2CCOCC2)cc(C(F)(F)F)c1. The molecule has 6 nitrogen and oxygen atoms in total. The van der Waals surface area contributed by atoms with Gasteiger partial charge in [-0.3, -0.25) is 10.1 Å². The maximum absolute atomic E-state index is 12.7. The van der Waals surface area contributed by atoms with Gasteiger partial charge in [-0.2, -0.15) is 18.3 Å². The minimum atomic E-state index is -4.52. The van der Waals surface area contributed by atoms with Crippen LogP contribution in [0.25, 0.3) is 0 Å². The summed E-state index contributed by atoms with van der Waals surface area (Å²) in [7, 11) is 0. The van der Waals surface area contributed by atoms with E-state index in [0.717, 1.165) is 25.2 Å². The summed E-state index contributed by atoms with van der Waals surface area (Å²) in [6.07, 6.45) is -4.52. The molecule has 9 heteroatoms. The molecule has 1 heterocycles. The number of ether oxygens (including phenoxy) is 1. The Morgan fingerprint density at radius 2 is 1.95 bits per heavy atom. The third-order valence-electron chi connectivity index (χ3n) is 3.31. The van der Waals surface area contributed by atoms with E-state index in [1.165, 1.54) is 6.07 Å². The molecule has 0 amide bonds. The van der Waals surface area contributed by atoms with Gasteiger partial charge in [-0.05, 0) is 18.2 Å². The number of hydrazine groups is 1. The third-order valence-corrected chi connectivity index (χ3v) is 3.31. The van der Waals surface area contributed by atoms with Gasteiger partial charge in [0, 0.05) is 31.9 Å². The normalized spacial score (nSPS) is 16.7. The van der Waals surface area contributed by atoms with Crippen LogP contribution in [0.1, 0.15) is 5.56 Å². The molecule has 1 aromatic carbocycles. The first kappa shape index (κ1) is 16.8. The monoisotopic (exact) mass is 320 g/mol. The number of nitrogens with two attached hydrogens (primary N) is 1. The molecule has 4 N–H and O–H groups in total. The van der Waals surface area contributed by atoms with Crippen LogP contribution in [0.3, 0.4) is 0 Å². The van der Waals surface area contributed by atoms with E-state index in [2.05, 4.69) is 10.3 Å². The predicted molar refractivity (Wildman–Crippen MR) is 75.4 cm³/mol. The molecule has 0 aromatic heterocycles. The molecule has 124 valence electrons. The first-order valence-electron chi connectivity index (χ1n) is 6.86. The summed E-state index contributed by atoms with van der Waals surface area (Å²) in [5, 5.41) is 10.4. The Balaban J connectivity index is 1.91. The van der Waals surface area contributed by atoms with Crippen LogP contribution < -0.4 is 16.3 Å². The average Bonchev–Trinajstić information content (AvgIpc) is 2.46. The van der Waals surface area contributed by atoms with Crippen LogP contribution in [-0.2, 0) is 10.9 Å². The number of nitrogens with zero attached hydrogens (tertiary/aromatic N) is 2. The van der Waals surface area contributed by atoms with Crippen molar-refractivity contribution < 1.29 is 23.1 Å². The number of morpholine rings is 1. The lowest BCUT2D eigenvalue weighted by Gasteiger charge is -2.27. The summed E-state index contributed by atoms with van der Waals surface area (Å²) < 4.78 is 43.3. The van der Waals surface area contributed by atoms with Gasteiger partial charge < -0.3 is 10.5 Å². The molecule has 0 radical (unpaired) electrons. The van der Waals surface area contributed by atoms with E-state index in [9.17, 15) is 18.4 Å². The molecular formula is C13H19F3N4O2. The lowest BCUT2D eigenvalue weighted by atomic mass is 10.1. The molecule has 1 aliphatic heterocycles. The fourth-order valence-electron chi connectivity index (χ4n) is 2.15. The van der Waals surface area contributed by atoms with Gasteiger partial charge in [0.25, 0.3) is 0 Å². The molecule has 0 aliphatic carbocycles. The van der Waals surface area contributed by atoms with Crippen molar-refractivity contribution in [3.8, 4) is 0 Å². The van der Waals surface area contributed by atoms with Crippen LogP contribution in [0.5, 0.6) is 0 Å². The fraction of sp³-hybridized carbons (Fsp3) is 0.538. The second-order valence-electron chi connectivity index (χ2n) is 4.98. The minimum Gasteiger partial charge on any atom is -0.399 e. The van der Waals surface area contributed by atoms with Crippen LogP contribution in [0, 0.1) is 0 Å². The smallest absolute Gasteiger partial charge is 0.399 e. The van der Waals surface area contributed by atoms with Gasteiger partial charge >= 0.3 is 6.18 Å². The first-order valence-corrected chi connectivity index (χ1v) is 6.86. The Morgan fingerprint density at radius 1 is 1.27 bits per heavy atom. The molecule has 2 rings (SSSR count). The van der Waals surface area contributed by atoms with Gasteiger partial charge in [0.2, 0.25) is 0 Å². The molecule has 0 unspecified atom stereocenters. The molecule has 0 spiro atoms. The van der Waals surface area contributed by atoms with Crippen molar-refractivity contribution in [2.24, 2.45) is 0 Å². The molecule has 1 saturated heterocycles. The van der Waals surface area contributed by atoms with Gasteiger partial charge in [0.1, 0.15) is 0 Å². The van der Waals surface area contributed by atoms with Gasteiger partial charge in [-0.25, -0.2) is 5.43 Å². The van der Waals surface area contributed by atoms with Crippen LogP contribution in [0.2, 0.25) is 0 Å². The van der Waals surface area contributed by atoms with Crippen molar-refractivity contribution in [3.63, 3.8) is 0 Å². The summed E-state index contributed by atoms with van der Waals surface area (Å²) in [5.41, 5.74) is 7.05. The number of alkyl halides is 3. The lowest BCUT2D eigenvalue weighted by molar-refractivity contribution is -0.137. The van der Waals surface area contributed by atoms with Gasteiger partial charge in [-0.1, -0.05) is 0 Å². The maximum Gasteiger partial charge on any atom is 0.416 e. The molecule has 0 atom stereocenters. The Hall–Kier alpha value is -1.55. The van der Waals surface area contributed by atoms with E-state index < -0.39 is 11.7 Å². The van der Waals surface area contributed by atoms with Crippen molar-refractivity contribution in [2.75, 3.05) is 50.3 Å². The summed E-state index contributed by atoms with van der Waals surface area (Å²) in [6.45, 7) is 3.94. The molecular weight excluding hydrogens is 301 g/mol. The van der Waals surface area contributed by atoms with Crippen LogP contribution in [-0.4, -0.2) is 49.5 Å². The van der Waals surface area contributed by atoms with Crippen molar-refractivity contribution in [2.45, 2.75) is 6.18 Å². The summed E-state index contributed by atoms with van der Waals surface area (Å²) in [4.78, 5) is 2.13. The Bertz CT molecular complexity index is 493. The van der Waals surface area contributed by atoms with Crippen molar-refractivity contribution >= 4 is 11.4 Å². The zero-order valence-corrected chi connectivity index (χ0v) is 11.9. The predicted octanol–water partition coefficient (Wildman–Crippen LogP) is 1.32. The van der Waals surface area contributed by atoms with Gasteiger partial charge in [0.05, 0.1) is 24.5 Å². The van der Waals surface area contributed by atoms with Crippen molar-refractivity contribution in [1.29, 1.82) is 0 Å². The number of nitrogens with one attached hydrogen (secondary N) is 1. The lowest BCUT2D eigenvalue weighted by Crippen LogP contribution is -2.44. The van der Waals surface area contributed by atoms with Crippen LogP contribution in [0.4, 0.5) is 24.5 Å². The largest absolute Gasteiger partial charge is 0.416 e. The van der Waals surface area contributed by atoms with E-state index in [1.807, 2.05) is 0 Å². The van der Waals surface area contributed by atoms with E-state index in [4.69, 9.17) is 10.5 Å². The molecule has 1 aromatic rings. The quantitative estimate of drug-likeness (QED) is 0.561.